The normalized spacial score (nSPS) is 13.0. The Morgan fingerprint density at radius 1 is 0.306 bits per heavy atom. The molecule has 0 aliphatic carbocycles. The number of carbonyl (C=O) groups is 3. The minimum atomic E-state index is -0.825. The summed E-state index contributed by atoms with van der Waals surface area (Å²) in [6, 6.07) is 0. The van der Waals surface area contributed by atoms with Crippen LogP contribution in [0, 0.1) is 0 Å². The first-order valence-corrected chi connectivity index (χ1v) is 29.6. The fourth-order valence-corrected chi connectivity index (χ4v) is 7.82. The van der Waals surface area contributed by atoms with Crippen molar-refractivity contribution >= 4 is 17.9 Å². The van der Waals surface area contributed by atoms with E-state index < -0.39 is 6.10 Å². The monoisotopic (exact) mass is 997 g/mol. The molecule has 0 N–H and O–H groups in total. The third kappa shape index (κ3) is 56.7. The third-order valence-corrected chi connectivity index (χ3v) is 12.2. The summed E-state index contributed by atoms with van der Waals surface area (Å²) in [6.45, 7) is 6.42. The predicted molar refractivity (Wildman–Crippen MR) is 311 cm³/mol. The summed E-state index contributed by atoms with van der Waals surface area (Å²) in [5.41, 5.74) is 0. The fourth-order valence-electron chi connectivity index (χ4n) is 7.82. The topological polar surface area (TPSA) is 78.9 Å². The number of hydrogen-bond acceptors (Lipinski definition) is 6. The van der Waals surface area contributed by atoms with E-state index in [1.54, 1.807) is 0 Å². The van der Waals surface area contributed by atoms with Gasteiger partial charge in [0.1, 0.15) is 13.2 Å². The smallest absolute Gasteiger partial charge is 0.306 e. The Labute approximate surface area is 443 Å². The van der Waals surface area contributed by atoms with Crippen LogP contribution in [0.3, 0.4) is 0 Å². The molecular weight excluding hydrogens is 889 g/mol. The highest BCUT2D eigenvalue weighted by molar-refractivity contribution is 5.71. The lowest BCUT2D eigenvalue weighted by Crippen LogP contribution is -2.30. The van der Waals surface area contributed by atoms with Crippen molar-refractivity contribution in [2.75, 3.05) is 13.2 Å². The molecule has 0 bridgehead atoms. The van der Waals surface area contributed by atoms with Gasteiger partial charge in [-0.05, 0) is 109 Å². The van der Waals surface area contributed by atoms with Crippen LogP contribution in [0.2, 0.25) is 0 Å². The van der Waals surface area contributed by atoms with Crippen molar-refractivity contribution in [3.8, 4) is 0 Å². The third-order valence-electron chi connectivity index (χ3n) is 12.2. The Morgan fingerprint density at radius 3 is 1.04 bits per heavy atom. The zero-order chi connectivity index (χ0) is 52.2. The van der Waals surface area contributed by atoms with E-state index in [0.29, 0.717) is 12.8 Å². The van der Waals surface area contributed by atoms with Crippen LogP contribution in [0.5, 0.6) is 0 Å². The quantitative estimate of drug-likeness (QED) is 0.0199. The molecule has 0 saturated heterocycles. The highest BCUT2D eigenvalue weighted by atomic mass is 16.6. The molecule has 0 spiro atoms. The van der Waals surface area contributed by atoms with Crippen molar-refractivity contribution in [1.82, 2.24) is 0 Å². The number of carbonyl (C=O) groups excluding carboxylic acids is 3. The molecule has 0 fully saturated rings. The summed E-state index contributed by atoms with van der Waals surface area (Å²) in [5.74, 6) is -1.03. The number of allylic oxidation sites excluding steroid dienone is 20. The minimum Gasteiger partial charge on any atom is -0.462 e. The number of esters is 3. The van der Waals surface area contributed by atoms with E-state index in [0.717, 1.165) is 103 Å². The molecule has 0 aliphatic heterocycles. The van der Waals surface area contributed by atoms with Crippen LogP contribution in [0.15, 0.2) is 122 Å². The van der Waals surface area contributed by atoms with Gasteiger partial charge >= 0.3 is 17.9 Å². The first kappa shape index (κ1) is 67.8. The average molecular weight is 998 g/mol. The summed E-state index contributed by atoms with van der Waals surface area (Å²) in [4.78, 5) is 38.2. The molecule has 0 aromatic heterocycles. The van der Waals surface area contributed by atoms with Crippen LogP contribution in [-0.4, -0.2) is 37.2 Å². The number of unbranched alkanes of at least 4 members (excludes halogenated alkanes) is 23. The molecule has 1 unspecified atom stereocenters. The van der Waals surface area contributed by atoms with E-state index in [1.165, 1.54) is 109 Å². The van der Waals surface area contributed by atoms with Crippen LogP contribution in [0.1, 0.15) is 258 Å². The van der Waals surface area contributed by atoms with E-state index in [1.807, 2.05) is 6.08 Å². The van der Waals surface area contributed by atoms with E-state index >= 15 is 0 Å². The van der Waals surface area contributed by atoms with E-state index in [2.05, 4.69) is 136 Å². The Kier molecular flexibility index (Phi) is 55.9. The van der Waals surface area contributed by atoms with Crippen LogP contribution in [0.25, 0.3) is 0 Å². The summed E-state index contributed by atoms with van der Waals surface area (Å²) in [6.07, 6.45) is 82.0. The van der Waals surface area contributed by atoms with Crippen molar-refractivity contribution in [2.45, 2.75) is 264 Å². The molecule has 0 amide bonds. The zero-order valence-corrected chi connectivity index (χ0v) is 46.7. The van der Waals surface area contributed by atoms with Crippen molar-refractivity contribution in [2.24, 2.45) is 0 Å². The maximum Gasteiger partial charge on any atom is 0.306 e. The molecule has 6 heteroatoms. The van der Waals surface area contributed by atoms with Gasteiger partial charge < -0.3 is 14.2 Å². The fraction of sp³-hybridized carbons (Fsp3) is 0.652. The summed E-state index contributed by atoms with van der Waals surface area (Å²) in [7, 11) is 0. The standard InChI is InChI=1S/C66H108O6/c1-4-7-10-13-16-19-22-25-28-31-33-36-38-41-44-47-50-53-56-59-65(68)71-62-63(61-70-64(67)58-55-52-49-46-43-40-37-34-30-27-24-21-18-15-12-9-6-3)72-66(69)60-57-54-51-48-45-42-39-35-32-29-26-23-20-17-14-11-8-5-2/h7,10,16,19,23,25-30,32-33,35-36,39,41,44,50,53,63H,4-6,8-9,11-15,17-18,20-22,24,31,34,37-38,40,42-43,45-49,51-52,54-62H2,1-3H3/b10-7-,19-16-,26-23-,28-25-,30-27-,32-29-,36-33-,39-35-,44-41-,53-50-. The first-order chi connectivity index (χ1) is 35.5. The predicted octanol–water partition coefficient (Wildman–Crippen LogP) is 20.0. The van der Waals surface area contributed by atoms with Crippen LogP contribution >= 0.6 is 0 Å². The lowest BCUT2D eigenvalue weighted by atomic mass is 10.1. The summed E-state index contributed by atoms with van der Waals surface area (Å²) in [5, 5.41) is 0. The lowest BCUT2D eigenvalue weighted by molar-refractivity contribution is -0.166. The SMILES string of the molecule is CC/C=C\C/C=C\C/C=C\C/C=C\C/C=C\C/C=C\CCC(=O)OCC(COC(=O)CCCCCCCCC/C=C\CCCCCCCC)OC(=O)CCCCCCC\C=C/C=C\C=C/CCCCCCC. The molecule has 408 valence electrons. The molecule has 72 heavy (non-hydrogen) atoms. The second-order valence-corrected chi connectivity index (χ2v) is 19.2. The Balaban J connectivity index is 4.56. The lowest BCUT2D eigenvalue weighted by Gasteiger charge is -2.18. The molecule has 0 rings (SSSR count). The van der Waals surface area contributed by atoms with Gasteiger partial charge in [-0.1, -0.05) is 251 Å². The van der Waals surface area contributed by atoms with Crippen LogP contribution in [0.4, 0.5) is 0 Å². The van der Waals surface area contributed by atoms with E-state index in [-0.39, 0.29) is 44.0 Å². The molecule has 0 radical (unpaired) electrons. The van der Waals surface area contributed by atoms with Gasteiger partial charge in [-0.25, -0.2) is 0 Å². The molecular formula is C66H108O6. The van der Waals surface area contributed by atoms with Gasteiger partial charge in [0.15, 0.2) is 6.10 Å². The second kappa shape index (κ2) is 59.4. The highest BCUT2D eigenvalue weighted by Crippen LogP contribution is 2.14. The Morgan fingerprint density at radius 2 is 0.625 bits per heavy atom. The van der Waals surface area contributed by atoms with Gasteiger partial charge in [0, 0.05) is 19.3 Å². The highest BCUT2D eigenvalue weighted by Gasteiger charge is 2.19. The average Bonchev–Trinajstić information content (AvgIpc) is 3.38. The van der Waals surface area contributed by atoms with Gasteiger partial charge in [0.05, 0.1) is 0 Å². The van der Waals surface area contributed by atoms with Crippen molar-refractivity contribution in [3.63, 3.8) is 0 Å². The zero-order valence-electron chi connectivity index (χ0n) is 46.7. The van der Waals surface area contributed by atoms with Crippen molar-refractivity contribution in [3.05, 3.63) is 122 Å². The van der Waals surface area contributed by atoms with Crippen LogP contribution in [-0.2, 0) is 28.6 Å². The van der Waals surface area contributed by atoms with Gasteiger partial charge in [-0.15, -0.1) is 0 Å². The second-order valence-electron chi connectivity index (χ2n) is 19.2. The van der Waals surface area contributed by atoms with Gasteiger partial charge in [-0.3, -0.25) is 14.4 Å². The van der Waals surface area contributed by atoms with Crippen molar-refractivity contribution < 1.29 is 28.6 Å². The maximum absolute atomic E-state index is 12.9. The molecule has 0 aromatic rings. The number of hydrogen-bond donors (Lipinski definition) is 0. The maximum atomic E-state index is 12.9. The summed E-state index contributed by atoms with van der Waals surface area (Å²) >= 11 is 0. The molecule has 0 aliphatic rings. The van der Waals surface area contributed by atoms with Gasteiger partial charge in [-0.2, -0.15) is 0 Å². The van der Waals surface area contributed by atoms with E-state index in [4.69, 9.17) is 14.2 Å². The molecule has 0 saturated carbocycles. The Hall–Kier alpha value is -4.19. The molecule has 6 nitrogen and oxygen atoms in total. The molecule has 0 aromatic carbocycles. The van der Waals surface area contributed by atoms with Crippen molar-refractivity contribution in [1.29, 1.82) is 0 Å². The van der Waals surface area contributed by atoms with Gasteiger partial charge in [0.2, 0.25) is 0 Å². The number of ether oxygens (including phenoxy) is 3. The Bertz CT molecular complexity index is 1520. The molecule has 0 heterocycles. The first-order valence-electron chi connectivity index (χ1n) is 29.6. The molecule has 1 atom stereocenters. The largest absolute Gasteiger partial charge is 0.462 e. The van der Waals surface area contributed by atoms with Crippen LogP contribution < -0.4 is 0 Å². The van der Waals surface area contributed by atoms with E-state index in [9.17, 15) is 14.4 Å². The number of rotatable bonds is 52. The van der Waals surface area contributed by atoms with Gasteiger partial charge in [0.25, 0.3) is 0 Å². The minimum absolute atomic E-state index is 0.115. The summed E-state index contributed by atoms with van der Waals surface area (Å²) < 4.78 is 16.8.